The summed E-state index contributed by atoms with van der Waals surface area (Å²) < 4.78 is 5.33. The van der Waals surface area contributed by atoms with Crippen LogP contribution in [0.4, 0.5) is 11.7 Å². The molecule has 2 aliphatic heterocycles. The molecule has 2 aliphatic rings. The second-order valence-corrected chi connectivity index (χ2v) is 8.33. The molecule has 8 heteroatoms. The van der Waals surface area contributed by atoms with Crippen LogP contribution in [0.3, 0.4) is 0 Å². The average molecular weight is 407 g/mol. The molecule has 2 aromatic heterocycles. The zero-order valence-electron chi connectivity index (χ0n) is 15.9. The van der Waals surface area contributed by atoms with Crippen LogP contribution in [-0.2, 0) is 16.3 Å². The number of fused-ring (bicyclic) bond motifs is 1. The monoisotopic (exact) mass is 407 g/mol. The normalized spacial score (nSPS) is 18.5. The van der Waals surface area contributed by atoms with Crippen LogP contribution in [0.5, 0.6) is 0 Å². The number of anilines is 2. The Kier molecular flexibility index (Phi) is 4.93. The number of thioether (sulfide) groups is 1. The van der Waals surface area contributed by atoms with Crippen LogP contribution in [0, 0.1) is 5.92 Å². The van der Waals surface area contributed by atoms with Crippen molar-refractivity contribution in [3.05, 3.63) is 53.7 Å². The van der Waals surface area contributed by atoms with Crippen molar-refractivity contribution in [3.8, 4) is 11.3 Å². The molecule has 0 aliphatic carbocycles. The van der Waals surface area contributed by atoms with Gasteiger partial charge in [0, 0.05) is 30.2 Å². The van der Waals surface area contributed by atoms with E-state index in [1.807, 2.05) is 42.5 Å². The van der Waals surface area contributed by atoms with Crippen molar-refractivity contribution in [2.75, 3.05) is 23.3 Å². The maximum atomic E-state index is 12.8. The quantitative estimate of drug-likeness (QED) is 0.705. The van der Waals surface area contributed by atoms with Crippen molar-refractivity contribution in [2.45, 2.75) is 24.3 Å². The van der Waals surface area contributed by atoms with Crippen molar-refractivity contribution in [2.24, 2.45) is 5.92 Å². The number of carbonyl (C=O) groups is 1. The third-order valence-corrected chi connectivity index (χ3v) is 6.40. The van der Waals surface area contributed by atoms with Gasteiger partial charge in [-0.3, -0.25) is 10.1 Å². The Morgan fingerprint density at radius 1 is 1.14 bits per heavy atom. The summed E-state index contributed by atoms with van der Waals surface area (Å²) in [6.45, 7) is 1.49. The largest absolute Gasteiger partial charge is 0.354 e. The van der Waals surface area contributed by atoms with Crippen LogP contribution in [0.2, 0.25) is 0 Å². The van der Waals surface area contributed by atoms with E-state index in [2.05, 4.69) is 25.6 Å². The molecule has 0 spiro atoms. The first kappa shape index (κ1) is 18.2. The summed E-state index contributed by atoms with van der Waals surface area (Å²) in [7, 11) is 0. The minimum Gasteiger partial charge on any atom is -0.354 e. The number of piperidine rings is 1. The predicted octanol–water partition coefficient (Wildman–Crippen LogP) is 3.73. The maximum absolute atomic E-state index is 12.8. The van der Waals surface area contributed by atoms with Crippen LogP contribution in [0.1, 0.15) is 24.1 Å². The lowest BCUT2D eigenvalue weighted by Crippen LogP contribution is -2.41. The van der Waals surface area contributed by atoms with E-state index in [0.717, 1.165) is 59.2 Å². The van der Waals surface area contributed by atoms with E-state index in [1.54, 1.807) is 11.8 Å². The Balaban J connectivity index is 1.26. The van der Waals surface area contributed by atoms with Crippen molar-refractivity contribution < 1.29 is 9.32 Å². The minimum atomic E-state index is -0.117. The third kappa shape index (κ3) is 3.72. The number of aromatic nitrogens is 3. The van der Waals surface area contributed by atoms with Gasteiger partial charge in [0.1, 0.15) is 0 Å². The summed E-state index contributed by atoms with van der Waals surface area (Å²) in [5.41, 5.74) is 3.86. The van der Waals surface area contributed by atoms with Gasteiger partial charge in [0.2, 0.25) is 11.8 Å². The van der Waals surface area contributed by atoms with Crippen LogP contribution in [0.15, 0.2) is 47.0 Å². The van der Waals surface area contributed by atoms with Gasteiger partial charge in [0.05, 0.1) is 22.9 Å². The van der Waals surface area contributed by atoms with E-state index >= 15 is 0 Å². The smallest absolute Gasteiger partial charge is 0.235 e. The zero-order chi connectivity index (χ0) is 19.6. The molecule has 0 saturated carbocycles. The molecule has 7 nitrogen and oxygen atoms in total. The van der Waals surface area contributed by atoms with Crippen LogP contribution in [0.25, 0.3) is 11.3 Å². The summed E-state index contributed by atoms with van der Waals surface area (Å²) in [6, 6.07) is 14.0. The van der Waals surface area contributed by atoms with Crippen LogP contribution in [-0.4, -0.2) is 34.4 Å². The Morgan fingerprint density at radius 2 is 2.03 bits per heavy atom. The molecule has 1 amide bonds. The van der Waals surface area contributed by atoms with Crippen molar-refractivity contribution >= 4 is 29.4 Å². The summed E-state index contributed by atoms with van der Waals surface area (Å²) in [5, 5.41) is 15.8. The molecule has 3 aromatic rings. The highest BCUT2D eigenvalue weighted by Crippen LogP contribution is 2.35. The van der Waals surface area contributed by atoms with Gasteiger partial charge in [0.25, 0.3) is 0 Å². The summed E-state index contributed by atoms with van der Waals surface area (Å²) in [5.74, 6) is 2.88. The van der Waals surface area contributed by atoms with Crippen molar-refractivity contribution in [3.63, 3.8) is 0 Å². The summed E-state index contributed by atoms with van der Waals surface area (Å²) in [4.78, 5) is 14.9. The molecular formula is C21H21N5O2S. The number of hydrogen-bond acceptors (Lipinski definition) is 7. The molecule has 1 unspecified atom stereocenters. The highest BCUT2D eigenvalue weighted by atomic mass is 32.2. The van der Waals surface area contributed by atoms with Crippen molar-refractivity contribution in [1.29, 1.82) is 0 Å². The standard InChI is InChI=1S/C21H21N5O2S/c27-20(22-21-16-12-29-13-18(16)25-28-21)15-7-4-10-26(11-15)19-9-8-17(23-24-19)14-5-2-1-3-6-14/h1-3,5-6,8-9,15H,4,7,10-13H2,(H,22,27). The SMILES string of the molecule is O=C(Nc1onc2c1CSC2)C1CCCN(c2ccc(-c3ccccc3)nn2)C1. The average Bonchev–Trinajstić information content (AvgIpc) is 3.40. The molecular weight excluding hydrogens is 386 g/mol. The number of amides is 1. The Labute approximate surface area is 172 Å². The van der Waals surface area contributed by atoms with Gasteiger partial charge in [-0.2, -0.15) is 11.8 Å². The molecule has 29 heavy (non-hydrogen) atoms. The second-order valence-electron chi connectivity index (χ2n) is 7.35. The number of hydrogen-bond donors (Lipinski definition) is 1. The van der Waals surface area contributed by atoms with Gasteiger partial charge >= 0.3 is 0 Å². The molecule has 4 heterocycles. The lowest BCUT2D eigenvalue weighted by atomic mass is 9.97. The first-order valence-corrected chi connectivity index (χ1v) is 10.9. The van der Waals surface area contributed by atoms with Gasteiger partial charge in [-0.15, -0.1) is 10.2 Å². The molecule has 0 bridgehead atoms. The lowest BCUT2D eigenvalue weighted by molar-refractivity contribution is -0.120. The molecule has 148 valence electrons. The summed E-state index contributed by atoms with van der Waals surface area (Å²) in [6.07, 6.45) is 1.79. The zero-order valence-corrected chi connectivity index (χ0v) is 16.7. The Hall–Kier alpha value is -2.87. The molecule has 0 radical (unpaired) electrons. The minimum absolute atomic E-state index is 0.0144. The molecule has 5 rings (SSSR count). The van der Waals surface area contributed by atoms with Gasteiger partial charge in [-0.05, 0) is 25.0 Å². The first-order chi connectivity index (χ1) is 14.3. The maximum Gasteiger partial charge on any atom is 0.235 e. The third-order valence-electron chi connectivity index (χ3n) is 5.43. The van der Waals surface area contributed by atoms with E-state index in [-0.39, 0.29) is 11.8 Å². The fraction of sp³-hybridized carbons (Fsp3) is 0.333. The van der Waals surface area contributed by atoms with Crippen LogP contribution >= 0.6 is 11.8 Å². The number of carbonyl (C=O) groups excluding carboxylic acids is 1. The van der Waals surface area contributed by atoms with E-state index in [0.29, 0.717) is 12.4 Å². The van der Waals surface area contributed by atoms with E-state index in [4.69, 9.17) is 4.52 Å². The number of rotatable bonds is 4. The number of benzene rings is 1. The Bertz CT molecular complexity index is 1010. The fourth-order valence-corrected chi connectivity index (χ4v) is 4.85. The number of nitrogens with one attached hydrogen (secondary N) is 1. The van der Waals surface area contributed by atoms with Gasteiger partial charge in [0.15, 0.2) is 5.82 Å². The van der Waals surface area contributed by atoms with E-state index in [1.165, 1.54) is 0 Å². The number of nitrogens with zero attached hydrogens (tertiary/aromatic N) is 4. The van der Waals surface area contributed by atoms with Gasteiger partial charge in [-0.1, -0.05) is 35.5 Å². The highest BCUT2D eigenvalue weighted by Gasteiger charge is 2.29. The Morgan fingerprint density at radius 3 is 2.86 bits per heavy atom. The topological polar surface area (TPSA) is 84.2 Å². The fourth-order valence-electron chi connectivity index (χ4n) is 3.82. The molecule has 1 aromatic carbocycles. The van der Waals surface area contributed by atoms with Crippen LogP contribution < -0.4 is 10.2 Å². The second kappa shape index (κ2) is 7.87. The lowest BCUT2D eigenvalue weighted by Gasteiger charge is -2.32. The van der Waals surface area contributed by atoms with E-state index < -0.39 is 0 Å². The van der Waals surface area contributed by atoms with Gasteiger partial charge < -0.3 is 9.42 Å². The van der Waals surface area contributed by atoms with Crippen molar-refractivity contribution in [1.82, 2.24) is 15.4 Å². The molecule has 1 fully saturated rings. The molecule has 1 N–H and O–H groups in total. The first-order valence-electron chi connectivity index (χ1n) is 9.78. The van der Waals surface area contributed by atoms with E-state index in [9.17, 15) is 4.79 Å². The highest BCUT2D eigenvalue weighted by molar-refractivity contribution is 7.98. The van der Waals surface area contributed by atoms with Gasteiger partial charge in [-0.25, -0.2) is 0 Å². The molecule has 1 atom stereocenters. The predicted molar refractivity (Wildman–Crippen MR) is 113 cm³/mol. The summed E-state index contributed by atoms with van der Waals surface area (Å²) >= 11 is 1.79. The molecule has 1 saturated heterocycles.